The van der Waals surface area contributed by atoms with Crippen molar-refractivity contribution in [2.24, 2.45) is 17.8 Å². The highest BCUT2D eigenvalue weighted by molar-refractivity contribution is 5.78. The van der Waals surface area contributed by atoms with Crippen molar-refractivity contribution in [3.05, 3.63) is 0 Å². The third-order valence-corrected chi connectivity index (χ3v) is 5.02. The van der Waals surface area contributed by atoms with Crippen LogP contribution in [0.1, 0.15) is 51.9 Å². The summed E-state index contributed by atoms with van der Waals surface area (Å²) in [6.07, 6.45) is 8.89. The van der Waals surface area contributed by atoms with Gasteiger partial charge in [-0.05, 0) is 62.7 Å². The summed E-state index contributed by atoms with van der Waals surface area (Å²) in [7, 11) is 0. The molecule has 1 amide bonds. The number of hydrogen-bond donors (Lipinski definition) is 1. The quantitative estimate of drug-likeness (QED) is 0.762. The van der Waals surface area contributed by atoms with Crippen LogP contribution >= 0.6 is 0 Å². The number of carbonyl (C=O) groups excluding carboxylic acids is 1. The topological polar surface area (TPSA) is 38.3 Å². The summed E-state index contributed by atoms with van der Waals surface area (Å²) in [5, 5.41) is 3.32. The molecule has 4 bridgehead atoms. The zero-order valence-corrected chi connectivity index (χ0v) is 11.4. The Morgan fingerprint density at radius 2 is 1.72 bits per heavy atom. The number of nitrogens with one attached hydrogen (secondary N) is 1. The molecular formula is C15H25NO2. The van der Waals surface area contributed by atoms with Crippen LogP contribution in [0.25, 0.3) is 0 Å². The van der Waals surface area contributed by atoms with Gasteiger partial charge >= 0.3 is 0 Å². The molecule has 0 aliphatic heterocycles. The van der Waals surface area contributed by atoms with E-state index in [0.29, 0.717) is 6.61 Å². The van der Waals surface area contributed by atoms with Crippen molar-refractivity contribution in [3.63, 3.8) is 0 Å². The summed E-state index contributed by atoms with van der Waals surface area (Å²) >= 11 is 0. The number of carbonyl (C=O) groups is 1. The van der Waals surface area contributed by atoms with E-state index < -0.39 is 0 Å². The third-order valence-electron chi connectivity index (χ3n) is 5.02. The predicted octanol–water partition coefficient (Wildman–Crippen LogP) is 2.50. The monoisotopic (exact) mass is 251 g/mol. The maximum atomic E-state index is 12.0. The fraction of sp³-hybridized carbons (Fsp3) is 0.933. The van der Waals surface area contributed by atoms with Gasteiger partial charge in [0.25, 0.3) is 0 Å². The molecule has 0 aromatic carbocycles. The van der Waals surface area contributed by atoms with Crippen LogP contribution in [0, 0.1) is 17.8 Å². The molecule has 4 saturated carbocycles. The smallest absolute Gasteiger partial charge is 0.246 e. The average molecular weight is 251 g/mol. The standard InChI is InChI=1S/C15H25NO2/c1-2-3-18-10-14(17)16-15-7-11-4-12(8-15)6-13(5-11)9-15/h11-13H,2-10H2,1H3,(H,16,17). The summed E-state index contributed by atoms with van der Waals surface area (Å²) in [4.78, 5) is 12.0. The second kappa shape index (κ2) is 4.84. The highest BCUT2D eigenvalue weighted by Crippen LogP contribution is 2.55. The van der Waals surface area contributed by atoms with Crippen molar-refractivity contribution < 1.29 is 9.53 Å². The molecule has 0 aromatic heterocycles. The first-order chi connectivity index (χ1) is 8.69. The molecule has 0 atom stereocenters. The summed E-state index contributed by atoms with van der Waals surface area (Å²) in [6.45, 7) is 3.00. The molecule has 0 heterocycles. The molecule has 0 radical (unpaired) electrons. The molecule has 0 spiro atoms. The Hall–Kier alpha value is -0.570. The van der Waals surface area contributed by atoms with E-state index in [0.717, 1.165) is 24.2 Å². The Kier molecular flexibility index (Phi) is 3.35. The molecule has 4 fully saturated rings. The van der Waals surface area contributed by atoms with Gasteiger partial charge in [-0.2, -0.15) is 0 Å². The Morgan fingerprint density at radius 1 is 1.17 bits per heavy atom. The number of rotatable bonds is 5. The maximum Gasteiger partial charge on any atom is 0.246 e. The normalized spacial score (nSPS) is 41.1. The molecule has 0 unspecified atom stereocenters. The van der Waals surface area contributed by atoms with Crippen LogP contribution in [0.15, 0.2) is 0 Å². The molecule has 102 valence electrons. The lowest BCUT2D eigenvalue weighted by Crippen LogP contribution is -2.60. The molecule has 4 rings (SSSR count). The van der Waals surface area contributed by atoms with Gasteiger partial charge in [0, 0.05) is 12.1 Å². The van der Waals surface area contributed by atoms with Gasteiger partial charge in [-0.1, -0.05) is 6.92 Å². The molecule has 1 N–H and O–H groups in total. The average Bonchev–Trinajstić information content (AvgIpc) is 2.26. The van der Waals surface area contributed by atoms with Gasteiger partial charge in [0.1, 0.15) is 6.61 Å². The molecule has 0 aromatic rings. The van der Waals surface area contributed by atoms with Crippen molar-refractivity contribution >= 4 is 5.91 Å². The van der Waals surface area contributed by atoms with Crippen LogP contribution in [-0.4, -0.2) is 24.7 Å². The van der Waals surface area contributed by atoms with Crippen LogP contribution in [0.3, 0.4) is 0 Å². The van der Waals surface area contributed by atoms with E-state index in [2.05, 4.69) is 12.2 Å². The summed E-state index contributed by atoms with van der Waals surface area (Å²) in [5.74, 6) is 2.75. The summed E-state index contributed by atoms with van der Waals surface area (Å²) < 4.78 is 5.35. The van der Waals surface area contributed by atoms with E-state index in [9.17, 15) is 4.79 Å². The van der Waals surface area contributed by atoms with Crippen molar-refractivity contribution in [2.45, 2.75) is 57.4 Å². The van der Waals surface area contributed by atoms with Crippen LogP contribution in [-0.2, 0) is 9.53 Å². The van der Waals surface area contributed by atoms with E-state index >= 15 is 0 Å². The summed E-state index contributed by atoms with van der Waals surface area (Å²) in [6, 6.07) is 0. The van der Waals surface area contributed by atoms with E-state index in [1.807, 2.05) is 0 Å². The molecule has 3 nitrogen and oxygen atoms in total. The zero-order valence-electron chi connectivity index (χ0n) is 11.4. The van der Waals surface area contributed by atoms with Crippen molar-refractivity contribution in [3.8, 4) is 0 Å². The lowest BCUT2D eigenvalue weighted by atomic mass is 9.53. The first kappa shape index (κ1) is 12.5. The van der Waals surface area contributed by atoms with Gasteiger partial charge < -0.3 is 10.1 Å². The lowest BCUT2D eigenvalue weighted by Gasteiger charge is -2.56. The van der Waals surface area contributed by atoms with Crippen LogP contribution in [0.2, 0.25) is 0 Å². The molecule has 3 heteroatoms. The van der Waals surface area contributed by atoms with Crippen molar-refractivity contribution in [1.29, 1.82) is 0 Å². The van der Waals surface area contributed by atoms with Gasteiger partial charge in [0.15, 0.2) is 0 Å². The van der Waals surface area contributed by atoms with E-state index in [4.69, 9.17) is 4.74 Å². The lowest BCUT2D eigenvalue weighted by molar-refractivity contribution is -0.131. The molecule has 4 aliphatic carbocycles. The van der Waals surface area contributed by atoms with Gasteiger partial charge in [-0.25, -0.2) is 0 Å². The number of amides is 1. The van der Waals surface area contributed by atoms with Crippen LogP contribution in [0.4, 0.5) is 0 Å². The van der Waals surface area contributed by atoms with Crippen LogP contribution in [0.5, 0.6) is 0 Å². The first-order valence-corrected chi connectivity index (χ1v) is 7.58. The highest BCUT2D eigenvalue weighted by atomic mass is 16.5. The van der Waals surface area contributed by atoms with E-state index in [-0.39, 0.29) is 18.1 Å². The number of hydrogen-bond acceptors (Lipinski definition) is 2. The minimum Gasteiger partial charge on any atom is -0.372 e. The van der Waals surface area contributed by atoms with Gasteiger partial charge in [0.05, 0.1) is 0 Å². The Morgan fingerprint density at radius 3 is 2.22 bits per heavy atom. The minimum atomic E-state index is 0.102. The highest BCUT2D eigenvalue weighted by Gasteiger charge is 2.51. The van der Waals surface area contributed by atoms with E-state index in [1.54, 1.807) is 0 Å². The minimum absolute atomic E-state index is 0.102. The first-order valence-electron chi connectivity index (χ1n) is 7.58. The van der Waals surface area contributed by atoms with Crippen molar-refractivity contribution in [2.75, 3.05) is 13.2 Å². The second-order valence-electron chi connectivity index (χ2n) is 6.80. The SMILES string of the molecule is CCCOCC(=O)NC12CC3CC(CC(C3)C1)C2. The van der Waals surface area contributed by atoms with Gasteiger partial charge in [-0.3, -0.25) is 4.79 Å². The Balaban J connectivity index is 1.57. The van der Waals surface area contributed by atoms with Crippen LogP contribution < -0.4 is 5.32 Å². The molecule has 4 aliphatic rings. The van der Waals surface area contributed by atoms with Gasteiger partial charge in [-0.15, -0.1) is 0 Å². The molecule has 18 heavy (non-hydrogen) atoms. The fourth-order valence-corrected chi connectivity index (χ4v) is 4.90. The largest absolute Gasteiger partial charge is 0.372 e. The Bertz CT molecular complexity index is 291. The second-order valence-corrected chi connectivity index (χ2v) is 6.80. The fourth-order valence-electron chi connectivity index (χ4n) is 4.90. The third kappa shape index (κ3) is 2.42. The van der Waals surface area contributed by atoms with Crippen molar-refractivity contribution in [1.82, 2.24) is 5.32 Å². The molecular weight excluding hydrogens is 226 g/mol. The molecule has 0 saturated heterocycles. The van der Waals surface area contributed by atoms with Gasteiger partial charge in [0.2, 0.25) is 5.91 Å². The van der Waals surface area contributed by atoms with E-state index in [1.165, 1.54) is 38.5 Å². The zero-order chi connectivity index (χ0) is 12.6. The Labute approximate surface area is 110 Å². The number of ether oxygens (including phenoxy) is 1. The predicted molar refractivity (Wildman–Crippen MR) is 70.2 cm³/mol. The summed E-state index contributed by atoms with van der Waals surface area (Å²) in [5.41, 5.74) is 0.140. The maximum absolute atomic E-state index is 12.0.